The van der Waals surface area contributed by atoms with Crippen LogP contribution in [0.3, 0.4) is 0 Å². The van der Waals surface area contributed by atoms with Crippen molar-refractivity contribution in [2.45, 2.75) is 25.8 Å². The molecule has 0 aromatic carbocycles. The first-order valence-electron chi connectivity index (χ1n) is 7.03. The first-order valence-corrected chi connectivity index (χ1v) is 7.03. The number of nitrogens with zero attached hydrogens (tertiary/aromatic N) is 4. The number of nitrogens with one attached hydrogen (secondary N) is 2. The Kier molecular flexibility index (Phi) is 3.64. The Bertz CT molecular complexity index is 585. The molecule has 0 saturated carbocycles. The van der Waals surface area contributed by atoms with E-state index in [4.69, 9.17) is 0 Å². The summed E-state index contributed by atoms with van der Waals surface area (Å²) in [5.74, 6) is 0.694. The Balaban J connectivity index is 1.80. The lowest BCUT2D eigenvalue weighted by Crippen LogP contribution is -2.38. The molecule has 0 amide bonds. The van der Waals surface area contributed by atoms with E-state index in [9.17, 15) is 0 Å². The highest BCUT2D eigenvalue weighted by molar-refractivity contribution is 5.61. The molecule has 2 aromatic heterocycles. The van der Waals surface area contributed by atoms with Crippen LogP contribution in [-0.2, 0) is 7.05 Å². The van der Waals surface area contributed by atoms with E-state index >= 15 is 0 Å². The van der Waals surface area contributed by atoms with Gasteiger partial charge in [-0.05, 0) is 32.4 Å². The average Bonchev–Trinajstić information content (AvgIpc) is 2.80. The van der Waals surface area contributed by atoms with Crippen LogP contribution in [0.5, 0.6) is 0 Å². The van der Waals surface area contributed by atoms with Gasteiger partial charge in [-0.3, -0.25) is 4.68 Å². The summed E-state index contributed by atoms with van der Waals surface area (Å²) in [6, 6.07) is 2.34. The van der Waals surface area contributed by atoms with Gasteiger partial charge in [0, 0.05) is 37.1 Å². The minimum Gasteiger partial charge on any atom is -0.350 e. The fraction of sp³-hybridized carbons (Fsp3) is 0.500. The Morgan fingerprint density at radius 3 is 3.05 bits per heavy atom. The molecule has 0 aliphatic carbocycles. The van der Waals surface area contributed by atoms with Crippen molar-refractivity contribution < 1.29 is 0 Å². The third-order valence-electron chi connectivity index (χ3n) is 3.80. The summed E-state index contributed by atoms with van der Waals surface area (Å²) in [5.41, 5.74) is 3.07. The summed E-state index contributed by atoms with van der Waals surface area (Å²) >= 11 is 0. The highest BCUT2D eigenvalue weighted by Crippen LogP contribution is 2.21. The SMILES string of the molecule is Cc1c(-c2ccnc(NC3CCCNC3)n2)cnn1C. The molecule has 6 nitrogen and oxygen atoms in total. The molecular formula is C14H20N6. The maximum Gasteiger partial charge on any atom is 0.223 e. The van der Waals surface area contributed by atoms with Crippen LogP contribution in [0.2, 0.25) is 0 Å². The van der Waals surface area contributed by atoms with E-state index in [0.29, 0.717) is 12.0 Å². The Labute approximate surface area is 118 Å². The molecule has 6 heteroatoms. The summed E-state index contributed by atoms with van der Waals surface area (Å²) < 4.78 is 1.86. The van der Waals surface area contributed by atoms with Crippen LogP contribution < -0.4 is 10.6 Å². The van der Waals surface area contributed by atoms with Crippen LogP contribution in [0.1, 0.15) is 18.5 Å². The Hall–Kier alpha value is -1.95. The van der Waals surface area contributed by atoms with E-state index in [-0.39, 0.29) is 0 Å². The van der Waals surface area contributed by atoms with Crippen LogP contribution in [0.25, 0.3) is 11.3 Å². The van der Waals surface area contributed by atoms with E-state index in [1.165, 1.54) is 6.42 Å². The lowest BCUT2D eigenvalue weighted by molar-refractivity contribution is 0.478. The van der Waals surface area contributed by atoms with Gasteiger partial charge in [0.05, 0.1) is 11.9 Å². The molecule has 1 aliphatic heterocycles. The summed E-state index contributed by atoms with van der Waals surface area (Å²) in [7, 11) is 1.94. The van der Waals surface area contributed by atoms with Crippen LogP contribution in [0, 0.1) is 6.92 Å². The summed E-state index contributed by atoms with van der Waals surface area (Å²) in [6.45, 7) is 4.12. The molecular weight excluding hydrogens is 252 g/mol. The number of piperidine rings is 1. The molecule has 1 aliphatic rings. The first kappa shape index (κ1) is 13.1. The molecule has 106 valence electrons. The van der Waals surface area contributed by atoms with Gasteiger partial charge < -0.3 is 10.6 Å². The maximum absolute atomic E-state index is 4.61. The molecule has 1 unspecified atom stereocenters. The summed E-state index contributed by atoms with van der Waals surface area (Å²) in [5, 5.41) is 11.1. The van der Waals surface area contributed by atoms with Crippen molar-refractivity contribution in [2.75, 3.05) is 18.4 Å². The Morgan fingerprint density at radius 2 is 2.35 bits per heavy atom. The highest BCUT2D eigenvalue weighted by atomic mass is 15.3. The number of anilines is 1. The van der Waals surface area contributed by atoms with Gasteiger partial charge in [-0.2, -0.15) is 5.10 Å². The number of hydrogen-bond acceptors (Lipinski definition) is 5. The van der Waals surface area contributed by atoms with Gasteiger partial charge in [0.15, 0.2) is 0 Å². The molecule has 0 radical (unpaired) electrons. The smallest absolute Gasteiger partial charge is 0.223 e. The zero-order chi connectivity index (χ0) is 13.9. The standard InChI is InChI=1S/C14H20N6/c1-10-12(9-17-20(10)2)13-5-7-16-14(19-13)18-11-4-3-6-15-8-11/h5,7,9,11,15H,3-4,6,8H2,1-2H3,(H,16,18,19). The average molecular weight is 272 g/mol. The van der Waals surface area contributed by atoms with Crippen molar-refractivity contribution >= 4 is 5.95 Å². The molecule has 2 N–H and O–H groups in total. The van der Waals surface area contributed by atoms with Crippen molar-refractivity contribution in [3.05, 3.63) is 24.2 Å². The molecule has 1 saturated heterocycles. The van der Waals surface area contributed by atoms with E-state index in [1.54, 1.807) is 6.20 Å². The maximum atomic E-state index is 4.61. The van der Waals surface area contributed by atoms with Gasteiger partial charge in [0.25, 0.3) is 0 Å². The molecule has 1 fully saturated rings. The quantitative estimate of drug-likeness (QED) is 0.883. The van der Waals surface area contributed by atoms with Crippen LogP contribution in [0.4, 0.5) is 5.95 Å². The van der Waals surface area contributed by atoms with Crippen LogP contribution in [0.15, 0.2) is 18.5 Å². The number of aromatic nitrogens is 4. The summed E-state index contributed by atoms with van der Waals surface area (Å²) in [4.78, 5) is 8.93. The summed E-state index contributed by atoms with van der Waals surface area (Å²) in [6.07, 6.45) is 6.00. The molecule has 1 atom stereocenters. The monoisotopic (exact) mass is 272 g/mol. The fourth-order valence-electron chi connectivity index (χ4n) is 2.49. The topological polar surface area (TPSA) is 67.7 Å². The van der Waals surface area contributed by atoms with Gasteiger partial charge in [-0.1, -0.05) is 0 Å². The van der Waals surface area contributed by atoms with E-state index in [1.807, 2.05) is 30.9 Å². The fourth-order valence-corrected chi connectivity index (χ4v) is 2.49. The molecule has 0 bridgehead atoms. The van der Waals surface area contributed by atoms with Crippen molar-refractivity contribution in [2.24, 2.45) is 7.05 Å². The third kappa shape index (κ3) is 2.65. The molecule has 2 aromatic rings. The van der Waals surface area contributed by atoms with Gasteiger partial charge in [-0.25, -0.2) is 9.97 Å². The van der Waals surface area contributed by atoms with Gasteiger partial charge in [0.2, 0.25) is 5.95 Å². The predicted molar refractivity (Wildman–Crippen MR) is 78.5 cm³/mol. The highest BCUT2D eigenvalue weighted by Gasteiger charge is 2.14. The zero-order valence-corrected chi connectivity index (χ0v) is 11.9. The van der Waals surface area contributed by atoms with Crippen LogP contribution >= 0.6 is 0 Å². The third-order valence-corrected chi connectivity index (χ3v) is 3.80. The van der Waals surface area contributed by atoms with Gasteiger partial charge in [0.1, 0.15) is 0 Å². The van der Waals surface area contributed by atoms with Crippen LogP contribution in [-0.4, -0.2) is 38.9 Å². The Morgan fingerprint density at radius 1 is 1.45 bits per heavy atom. The van der Waals surface area contributed by atoms with Crippen molar-refractivity contribution in [1.29, 1.82) is 0 Å². The number of rotatable bonds is 3. The first-order chi connectivity index (χ1) is 9.74. The second-order valence-corrected chi connectivity index (χ2v) is 5.22. The van der Waals surface area contributed by atoms with Crippen molar-refractivity contribution in [1.82, 2.24) is 25.1 Å². The number of aryl methyl sites for hydroxylation is 1. The predicted octanol–water partition coefficient (Wildman–Crippen LogP) is 1.35. The lowest BCUT2D eigenvalue weighted by Gasteiger charge is -2.23. The molecule has 20 heavy (non-hydrogen) atoms. The largest absolute Gasteiger partial charge is 0.350 e. The lowest BCUT2D eigenvalue weighted by atomic mass is 10.1. The zero-order valence-electron chi connectivity index (χ0n) is 11.9. The normalized spacial score (nSPS) is 19.0. The second kappa shape index (κ2) is 5.58. The molecule has 3 rings (SSSR count). The molecule has 3 heterocycles. The van der Waals surface area contributed by atoms with E-state index in [2.05, 4.69) is 25.7 Å². The minimum atomic E-state index is 0.411. The van der Waals surface area contributed by atoms with E-state index in [0.717, 1.165) is 36.5 Å². The second-order valence-electron chi connectivity index (χ2n) is 5.22. The van der Waals surface area contributed by atoms with Crippen molar-refractivity contribution in [3.8, 4) is 11.3 Å². The van der Waals surface area contributed by atoms with Crippen molar-refractivity contribution in [3.63, 3.8) is 0 Å². The minimum absolute atomic E-state index is 0.411. The van der Waals surface area contributed by atoms with E-state index < -0.39 is 0 Å². The molecule has 0 spiro atoms. The number of hydrogen-bond donors (Lipinski definition) is 2. The van der Waals surface area contributed by atoms with Gasteiger partial charge >= 0.3 is 0 Å². The van der Waals surface area contributed by atoms with Gasteiger partial charge in [-0.15, -0.1) is 0 Å².